The smallest absolute Gasteiger partial charge is 0.252 e. The van der Waals surface area contributed by atoms with E-state index in [1.165, 1.54) is 15.6 Å². The minimum Gasteiger partial charge on any atom is -0.381 e. The third-order valence-electron chi connectivity index (χ3n) is 4.68. The molecule has 0 spiro atoms. The van der Waals surface area contributed by atoms with Crippen LogP contribution < -0.4 is 11.1 Å². The van der Waals surface area contributed by atoms with Gasteiger partial charge < -0.3 is 15.8 Å². The van der Waals surface area contributed by atoms with Crippen molar-refractivity contribution in [2.75, 3.05) is 32.8 Å². The van der Waals surface area contributed by atoms with E-state index in [-0.39, 0.29) is 12.5 Å². The molecule has 1 aliphatic rings. The number of nitrogens with two attached hydrogens (primary N) is 1. The van der Waals surface area contributed by atoms with E-state index in [1.54, 1.807) is 12.1 Å². The number of amides is 1. The van der Waals surface area contributed by atoms with E-state index in [0.717, 1.165) is 4.88 Å². The zero-order valence-electron chi connectivity index (χ0n) is 14.8. The molecule has 3 N–H and O–H groups in total. The van der Waals surface area contributed by atoms with Crippen LogP contribution in [0, 0.1) is 5.41 Å². The Hall–Kier alpha value is -1.00. The molecule has 0 saturated carbocycles. The maximum absolute atomic E-state index is 12.6. The summed E-state index contributed by atoms with van der Waals surface area (Å²) in [7, 11) is -3.45. The largest absolute Gasteiger partial charge is 0.381 e. The fourth-order valence-electron chi connectivity index (χ4n) is 2.92. The second kappa shape index (κ2) is 8.59. The van der Waals surface area contributed by atoms with Crippen molar-refractivity contribution in [2.24, 2.45) is 11.1 Å². The lowest BCUT2D eigenvalue weighted by Crippen LogP contribution is -2.48. The van der Waals surface area contributed by atoms with Crippen LogP contribution in [0.5, 0.6) is 0 Å². The molecular formula is C16H27N3O4S2. The summed E-state index contributed by atoms with van der Waals surface area (Å²) in [6.45, 7) is 6.17. The van der Waals surface area contributed by atoms with Gasteiger partial charge in [-0.3, -0.25) is 4.79 Å². The van der Waals surface area contributed by atoms with E-state index >= 15 is 0 Å². The predicted molar refractivity (Wildman–Crippen MR) is 97.8 cm³/mol. The van der Waals surface area contributed by atoms with Crippen molar-refractivity contribution >= 4 is 27.3 Å². The molecule has 1 aromatic rings. The van der Waals surface area contributed by atoms with Gasteiger partial charge in [0.15, 0.2) is 0 Å². The van der Waals surface area contributed by atoms with E-state index < -0.39 is 15.4 Å². The van der Waals surface area contributed by atoms with Crippen molar-refractivity contribution in [1.82, 2.24) is 9.62 Å². The molecule has 25 heavy (non-hydrogen) atoms. The molecule has 1 saturated heterocycles. The number of hydrogen-bond acceptors (Lipinski definition) is 6. The second-order valence-electron chi connectivity index (χ2n) is 6.09. The zero-order valence-corrected chi connectivity index (χ0v) is 16.4. The summed E-state index contributed by atoms with van der Waals surface area (Å²) in [6.07, 6.45) is 1.22. The third kappa shape index (κ3) is 4.40. The van der Waals surface area contributed by atoms with Gasteiger partial charge in [-0.1, -0.05) is 13.8 Å². The Morgan fingerprint density at radius 2 is 1.96 bits per heavy atom. The van der Waals surface area contributed by atoms with Gasteiger partial charge >= 0.3 is 0 Å². The van der Waals surface area contributed by atoms with Crippen LogP contribution in [0.25, 0.3) is 0 Å². The molecule has 1 amide bonds. The van der Waals surface area contributed by atoms with Crippen molar-refractivity contribution in [3.05, 3.63) is 17.0 Å². The van der Waals surface area contributed by atoms with Crippen LogP contribution in [0.15, 0.2) is 16.3 Å². The minimum absolute atomic E-state index is 0.0835. The van der Waals surface area contributed by atoms with Gasteiger partial charge in [-0.25, -0.2) is 8.42 Å². The normalized spacial score (nSPS) is 17.6. The van der Waals surface area contributed by atoms with Gasteiger partial charge in [-0.15, -0.1) is 11.3 Å². The first-order valence-corrected chi connectivity index (χ1v) is 10.8. The van der Waals surface area contributed by atoms with Crippen LogP contribution in [0.3, 0.4) is 0 Å². The number of thiophene rings is 1. The number of carbonyl (C=O) groups excluding carboxylic acids is 1. The molecule has 0 aliphatic carbocycles. The summed E-state index contributed by atoms with van der Waals surface area (Å²) in [5, 5.41) is 2.91. The second-order valence-corrected chi connectivity index (χ2v) is 9.42. The van der Waals surface area contributed by atoms with Crippen molar-refractivity contribution in [2.45, 2.75) is 37.4 Å². The fraction of sp³-hybridized carbons (Fsp3) is 0.688. The summed E-state index contributed by atoms with van der Waals surface area (Å²) >= 11 is 1.19. The maximum Gasteiger partial charge on any atom is 0.252 e. The summed E-state index contributed by atoms with van der Waals surface area (Å²) < 4.78 is 32.1. The average Bonchev–Trinajstić information content (AvgIpc) is 3.11. The first-order valence-electron chi connectivity index (χ1n) is 8.54. The van der Waals surface area contributed by atoms with Crippen LogP contribution in [0.2, 0.25) is 0 Å². The molecule has 0 atom stereocenters. The van der Waals surface area contributed by atoms with Crippen LogP contribution >= 0.6 is 11.3 Å². The zero-order chi connectivity index (χ0) is 18.5. The number of ether oxygens (including phenoxy) is 1. The highest BCUT2D eigenvalue weighted by molar-refractivity contribution is 7.91. The van der Waals surface area contributed by atoms with Crippen molar-refractivity contribution in [3.63, 3.8) is 0 Å². The van der Waals surface area contributed by atoms with E-state index in [0.29, 0.717) is 49.9 Å². The number of nitrogens with one attached hydrogen (secondary N) is 1. The summed E-state index contributed by atoms with van der Waals surface area (Å²) in [5.41, 5.74) is 5.26. The molecule has 142 valence electrons. The van der Waals surface area contributed by atoms with Gasteiger partial charge in [0, 0.05) is 37.7 Å². The van der Waals surface area contributed by atoms with E-state index in [9.17, 15) is 13.2 Å². The first kappa shape index (κ1) is 20.3. The van der Waals surface area contributed by atoms with Gasteiger partial charge in [0.25, 0.3) is 10.0 Å². The highest BCUT2D eigenvalue weighted by Crippen LogP contribution is 2.30. The van der Waals surface area contributed by atoms with Crippen LogP contribution in [-0.4, -0.2) is 51.5 Å². The van der Waals surface area contributed by atoms with Crippen LogP contribution in [0.1, 0.15) is 31.6 Å². The summed E-state index contributed by atoms with van der Waals surface area (Å²) in [5.74, 6) is -0.0835. The topological polar surface area (TPSA) is 102 Å². The quantitative estimate of drug-likeness (QED) is 0.694. The lowest BCUT2D eigenvalue weighted by atomic mass is 9.79. The lowest BCUT2D eigenvalue weighted by Gasteiger charge is -2.34. The number of nitrogens with zero attached hydrogens (tertiary/aromatic N) is 1. The fourth-order valence-corrected chi connectivity index (χ4v) is 5.83. The van der Waals surface area contributed by atoms with Crippen molar-refractivity contribution in [3.8, 4) is 0 Å². The first-order chi connectivity index (χ1) is 11.9. The van der Waals surface area contributed by atoms with E-state index in [2.05, 4.69) is 5.32 Å². The third-order valence-corrected chi connectivity index (χ3v) is 8.28. The lowest BCUT2D eigenvalue weighted by molar-refractivity contribution is -0.136. The van der Waals surface area contributed by atoms with Crippen molar-refractivity contribution < 1.29 is 17.9 Å². The molecule has 9 heteroatoms. The minimum atomic E-state index is -3.45. The molecule has 2 rings (SSSR count). The van der Waals surface area contributed by atoms with Gasteiger partial charge in [0.05, 0.1) is 12.0 Å². The van der Waals surface area contributed by atoms with Crippen molar-refractivity contribution in [1.29, 1.82) is 0 Å². The standard InChI is InChI=1S/C16H27N3O4S2/c1-3-19(4-2)25(21,22)14-6-5-13(24-14)11-18-15(20)16(12-17)7-9-23-10-8-16/h5-6H,3-4,7-12,17H2,1-2H3,(H,18,20). The molecular weight excluding hydrogens is 362 g/mol. The Balaban J connectivity index is 2.03. The predicted octanol–water partition coefficient (Wildman–Crippen LogP) is 1.15. The Bertz CT molecular complexity index is 677. The number of carbonyl (C=O) groups is 1. The molecule has 0 radical (unpaired) electrons. The van der Waals surface area contributed by atoms with E-state index in [4.69, 9.17) is 10.5 Å². The maximum atomic E-state index is 12.6. The Morgan fingerprint density at radius 3 is 2.52 bits per heavy atom. The molecule has 1 aromatic heterocycles. The molecule has 0 aromatic carbocycles. The monoisotopic (exact) mass is 389 g/mol. The summed E-state index contributed by atoms with van der Waals surface area (Å²) in [4.78, 5) is 13.4. The molecule has 0 unspecified atom stereocenters. The summed E-state index contributed by atoms with van der Waals surface area (Å²) in [6, 6.07) is 3.35. The molecule has 1 aliphatic heterocycles. The Kier molecular flexibility index (Phi) is 6.98. The average molecular weight is 390 g/mol. The Morgan fingerprint density at radius 1 is 1.32 bits per heavy atom. The molecule has 1 fully saturated rings. The highest BCUT2D eigenvalue weighted by atomic mass is 32.2. The highest BCUT2D eigenvalue weighted by Gasteiger charge is 2.38. The number of rotatable bonds is 8. The van der Waals surface area contributed by atoms with Crippen LogP contribution in [0.4, 0.5) is 0 Å². The van der Waals surface area contributed by atoms with Crippen LogP contribution in [-0.2, 0) is 26.1 Å². The molecule has 7 nitrogen and oxygen atoms in total. The van der Waals surface area contributed by atoms with Gasteiger partial charge in [-0.05, 0) is 25.0 Å². The van der Waals surface area contributed by atoms with Gasteiger partial charge in [-0.2, -0.15) is 4.31 Å². The van der Waals surface area contributed by atoms with Gasteiger partial charge in [0.2, 0.25) is 5.91 Å². The van der Waals surface area contributed by atoms with Gasteiger partial charge in [0.1, 0.15) is 4.21 Å². The number of sulfonamides is 1. The SMILES string of the molecule is CCN(CC)S(=O)(=O)c1ccc(CNC(=O)C2(CN)CCOCC2)s1. The van der Waals surface area contributed by atoms with E-state index in [1.807, 2.05) is 13.8 Å². The Labute approximate surface area is 153 Å². The molecule has 2 heterocycles. The number of hydrogen-bond donors (Lipinski definition) is 2. The molecule has 0 bridgehead atoms.